The molecule has 3 rings (SSSR count). The second-order valence-corrected chi connectivity index (χ2v) is 4.91. The van der Waals surface area contributed by atoms with Crippen molar-refractivity contribution in [2.45, 2.75) is 37.8 Å². The quantitative estimate of drug-likeness (QED) is 0.860. The number of hydrogen-bond donors (Lipinski definition) is 1. The summed E-state index contributed by atoms with van der Waals surface area (Å²) in [5.41, 5.74) is 2.99. The average Bonchev–Trinajstić information content (AvgIpc) is 2.81. The molecule has 1 aromatic carbocycles. The third kappa shape index (κ3) is 2.37. The maximum absolute atomic E-state index is 5.58. The largest absolute Gasteiger partial charge is 0.497 e. The Morgan fingerprint density at radius 3 is 3.06 bits per heavy atom. The summed E-state index contributed by atoms with van der Waals surface area (Å²) in [4.78, 5) is 0. The highest BCUT2D eigenvalue weighted by Crippen LogP contribution is 2.30. The molecular formula is C15H19NO. The molecule has 0 saturated carbocycles. The molecule has 1 aromatic rings. The SMILES string of the molecule is C1=COC(CNC2CCc3ccccc32)CC1. The fourth-order valence-corrected chi connectivity index (χ4v) is 2.78. The minimum Gasteiger partial charge on any atom is -0.497 e. The number of ether oxygens (including phenoxy) is 1. The summed E-state index contributed by atoms with van der Waals surface area (Å²) >= 11 is 0. The van der Waals surface area contributed by atoms with Gasteiger partial charge in [0.05, 0.1) is 6.26 Å². The molecule has 2 unspecified atom stereocenters. The number of allylic oxidation sites excluding steroid dienone is 1. The molecule has 0 aromatic heterocycles. The van der Waals surface area contributed by atoms with E-state index in [1.165, 1.54) is 24.0 Å². The lowest BCUT2D eigenvalue weighted by Crippen LogP contribution is -2.31. The van der Waals surface area contributed by atoms with E-state index in [-0.39, 0.29) is 0 Å². The molecule has 0 amide bonds. The summed E-state index contributed by atoms with van der Waals surface area (Å²) in [7, 11) is 0. The molecule has 90 valence electrons. The van der Waals surface area contributed by atoms with Gasteiger partial charge in [0.25, 0.3) is 0 Å². The summed E-state index contributed by atoms with van der Waals surface area (Å²) in [6, 6.07) is 9.30. The maximum Gasteiger partial charge on any atom is 0.110 e. The van der Waals surface area contributed by atoms with E-state index in [0.29, 0.717) is 12.1 Å². The van der Waals surface area contributed by atoms with Gasteiger partial charge in [0.1, 0.15) is 6.10 Å². The summed E-state index contributed by atoms with van der Waals surface area (Å²) in [5, 5.41) is 3.65. The Hall–Kier alpha value is -1.28. The molecule has 1 heterocycles. The van der Waals surface area contributed by atoms with E-state index >= 15 is 0 Å². The molecule has 0 spiro atoms. The molecule has 1 N–H and O–H groups in total. The fourth-order valence-electron chi connectivity index (χ4n) is 2.78. The smallest absolute Gasteiger partial charge is 0.110 e. The number of hydrogen-bond acceptors (Lipinski definition) is 2. The Morgan fingerprint density at radius 2 is 2.18 bits per heavy atom. The van der Waals surface area contributed by atoms with Crippen LogP contribution in [0.5, 0.6) is 0 Å². The molecule has 2 atom stereocenters. The van der Waals surface area contributed by atoms with Crippen LogP contribution in [0.1, 0.15) is 36.4 Å². The van der Waals surface area contributed by atoms with Crippen molar-refractivity contribution < 1.29 is 4.74 Å². The predicted molar refractivity (Wildman–Crippen MR) is 68.8 cm³/mol. The number of rotatable bonds is 3. The summed E-state index contributed by atoms with van der Waals surface area (Å²) in [6.45, 7) is 0.962. The molecule has 0 bridgehead atoms. The number of nitrogens with one attached hydrogen (secondary N) is 1. The summed E-state index contributed by atoms with van der Waals surface area (Å²) < 4.78 is 5.58. The summed E-state index contributed by atoms with van der Waals surface area (Å²) in [5.74, 6) is 0. The highest BCUT2D eigenvalue weighted by atomic mass is 16.5. The van der Waals surface area contributed by atoms with Gasteiger partial charge < -0.3 is 10.1 Å². The summed E-state index contributed by atoms with van der Waals surface area (Å²) in [6.07, 6.45) is 9.01. The van der Waals surface area contributed by atoms with Crippen molar-refractivity contribution in [1.29, 1.82) is 0 Å². The Morgan fingerprint density at radius 1 is 1.24 bits per heavy atom. The normalized spacial score (nSPS) is 26.6. The van der Waals surface area contributed by atoms with Crippen molar-refractivity contribution in [3.8, 4) is 0 Å². The second-order valence-electron chi connectivity index (χ2n) is 4.91. The Balaban J connectivity index is 1.58. The van der Waals surface area contributed by atoms with Crippen LogP contribution in [0.4, 0.5) is 0 Å². The van der Waals surface area contributed by atoms with E-state index < -0.39 is 0 Å². The fraction of sp³-hybridized carbons (Fsp3) is 0.467. The third-order valence-electron chi connectivity index (χ3n) is 3.75. The van der Waals surface area contributed by atoms with Crippen LogP contribution in [0.2, 0.25) is 0 Å². The number of benzene rings is 1. The van der Waals surface area contributed by atoms with Gasteiger partial charge in [0, 0.05) is 12.6 Å². The van der Waals surface area contributed by atoms with Crippen LogP contribution in [0.25, 0.3) is 0 Å². The molecule has 0 fully saturated rings. The lowest BCUT2D eigenvalue weighted by molar-refractivity contribution is 0.119. The first kappa shape index (κ1) is 10.8. The maximum atomic E-state index is 5.58. The van der Waals surface area contributed by atoms with Crippen molar-refractivity contribution in [2.24, 2.45) is 0 Å². The molecule has 17 heavy (non-hydrogen) atoms. The van der Waals surface area contributed by atoms with Gasteiger partial charge in [-0.1, -0.05) is 24.3 Å². The standard InChI is InChI=1S/C15H19NO/c1-2-7-14-12(5-1)8-9-15(14)16-11-13-6-3-4-10-17-13/h1-2,4-5,7,10,13,15-16H,3,6,8-9,11H2. The average molecular weight is 229 g/mol. The van der Waals surface area contributed by atoms with Crippen molar-refractivity contribution in [3.05, 3.63) is 47.7 Å². The molecule has 0 radical (unpaired) electrons. The van der Waals surface area contributed by atoms with Gasteiger partial charge in [-0.3, -0.25) is 0 Å². The topological polar surface area (TPSA) is 21.3 Å². The Labute approximate surface area is 103 Å². The third-order valence-corrected chi connectivity index (χ3v) is 3.75. The van der Waals surface area contributed by atoms with E-state index in [4.69, 9.17) is 4.74 Å². The highest BCUT2D eigenvalue weighted by molar-refractivity contribution is 5.34. The molecular weight excluding hydrogens is 210 g/mol. The van der Waals surface area contributed by atoms with Crippen LogP contribution < -0.4 is 5.32 Å². The zero-order valence-corrected chi connectivity index (χ0v) is 10.1. The van der Waals surface area contributed by atoms with Crippen LogP contribution in [0.3, 0.4) is 0 Å². The van der Waals surface area contributed by atoms with Crippen molar-refractivity contribution >= 4 is 0 Å². The van der Waals surface area contributed by atoms with Gasteiger partial charge in [-0.05, 0) is 42.9 Å². The number of aryl methyl sites for hydroxylation is 1. The Bertz CT molecular complexity index is 413. The van der Waals surface area contributed by atoms with E-state index in [1.807, 2.05) is 6.26 Å². The molecule has 1 aliphatic heterocycles. The molecule has 2 aliphatic rings. The first-order valence-corrected chi connectivity index (χ1v) is 6.55. The lowest BCUT2D eigenvalue weighted by atomic mass is 10.1. The van der Waals surface area contributed by atoms with Crippen molar-refractivity contribution in [1.82, 2.24) is 5.32 Å². The van der Waals surface area contributed by atoms with Gasteiger partial charge in [-0.2, -0.15) is 0 Å². The van der Waals surface area contributed by atoms with E-state index in [0.717, 1.165) is 19.4 Å². The van der Waals surface area contributed by atoms with E-state index in [9.17, 15) is 0 Å². The van der Waals surface area contributed by atoms with Gasteiger partial charge in [-0.25, -0.2) is 0 Å². The molecule has 2 nitrogen and oxygen atoms in total. The van der Waals surface area contributed by atoms with Gasteiger partial charge in [0.15, 0.2) is 0 Å². The minimum atomic E-state index is 0.354. The van der Waals surface area contributed by atoms with Crippen LogP contribution in [0, 0.1) is 0 Å². The highest BCUT2D eigenvalue weighted by Gasteiger charge is 2.22. The zero-order valence-electron chi connectivity index (χ0n) is 10.1. The Kier molecular flexibility index (Phi) is 3.14. The van der Waals surface area contributed by atoms with Gasteiger partial charge in [-0.15, -0.1) is 0 Å². The van der Waals surface area contributed by atoms with Crippen LogP contribution in [-0.4, -0.2) is 12.6 Å². The zero-order chi connectivity index (χ0) is 11.5. The molecule has 2 heteroatoms. The van der Waals surface area contributed by atoms with Crippen LogP contribution in [0.15, 0.2) is 36.6 Å². The lowest BCUT2D eigenvalue weighted by Gasteiger charge is -2.22. The monoisotopic (exact) mass is 229 g/mol. The first-order chi connectivity index (χ1) is 8.43. The van der Waals surface area contributed by atoms with Gasteiger partial charge in [0.2, 0.25) is 0 Å². The van der Waals surface area contributed by atoms with Crippen molar-refractivity contribution in [2.75, 3.05) is 6.54 Å². The van der Waals surface area contributed by atoms with Gasteiger partial charge >= 0.3 is 0 Å². The first-order valence-electron chi connectivity index (χ1n) is 6.55. The number of fused-ring (bicyclic) bond motifs is 1. The second kappa shape index (κ2) is 4.92. The van der Waals surface area contributed by atoms with E-state index in [2.05, 4.69) is 35.7 Å². The molecule has 0 saturated heterocycles. The van der Waals surface area contributed by atoms with Crippen molar-refractivity contribution in [3.63, 3.8) is 0 Å². The van der Waals surface area contributed by atoms with Crippen LogP contribution in [-0.2, 0) is 11.2 Å². The predicted octanol–water partition coefficient (Wildman–Crippen LogP) is 2.96. The van der Waals surface area contributed by atoms with E-state index in [1.54, 1.807) is 0 Å². The minimum absolute atomic E-state index is 0.354. The van der Waals surface area contributed by atoms with Crippen LogP contribution >= 0.6 is 0 Å². The molecule has 1 aliphatic carbocycles.